The van der Waals surface area contributed by atoms with Gasteiger partial charge in [0.2, 0.25) is 0 Å². The van der Waals surface area contributed by atoms with Gasteiger partial charge in [-0.2, -0.15) is 0 Å². The fourth-order valence-corrected chi connectivity index (χ4v) is 3.97. The van der Waals surface area contributed by atoms with Crippen molar-refractivity contribution >= 4 is 0 Å². The Kier molecular flexibility index (Phi) is 5.65. The van der Waals surface area contributed by atoms with Crippen LogP contribution in [-0.2, 0) is 0 Å². The van der Waals surface area contributed by atoms with Crippen LogP contribution in [0.3, 0.4) is 0 Å². The highest BCUT2D eigenvalue weighted by molar-refractivity contribution is 5.65. The maximum Gasteiger partial charge on any atom is 0.133 e. The summed E-state index contributed by atoms with van der Waals surface area (Å²) in [5.41, 5.74) is 2.00. The van der Waals surface area contributed by atoms with Crippen LogP contribution >= 0.6 is 0 Å². The number of halogens is 2. The minimum Gasteiger partial charge on any atom is -0.206 e. The highest BCUT2D eigenvalue weighted by Gasteiger charge is 2.22. The topological polar surface area (TPSA) is 0 Å². The zero-order valence-corrected chi connectivity index (χ0v) is 14.4. The smallest absolute Gasteiger partial charge is 0.133 e. The Labute approximate surface area is 143 Å². The average molecular weight is 328 g/mol. The summed E-state index contributed by atoms with van der Waals surface area (Å²) in [6.45, 7) is 2.26. The van der Waals surface area contributed by atoms with Crippen molar-refractivity contribution in [3.8, 4) is 11.1 Å². The second kappa shape index (κ2) is 7.92. The molecule has 1 saturated carbocycles. The van der Waals surface area contributed by atoms with Gasteiger partial charge in [0, 0.05) is 0 Å². The molecule has 0 atom stereocenters. The van der Waals surface area contributed by atoms with Crippen molar-refractivity contribution in [3.63, 3.8) is 0 Å². The lowest BCUT2D eigenvalue weighted by atomic mass is 9.77. The van der Waals surface area contributed by atoms with E-state index in [1.165, 1.54) is 68.7 Å². The first-order valence-electron chi connectivity index (χ1n) is 9.23. The molecule has 128 valence electrons. The first-order chi connectivity index (χ1) is 11.7. The van der Waals surface area contributed by atoms with E-state index in [4.69, 9.17) is 0 Å². The van der Waals surface area contributed by atoms with Crippen LogP contribution in [0.2, 0.25) is 0 Å². The number of unbranched alkanes of at least 4 members (excludes halogenated alkanes) is 1. The summed E-state index contributed by atoms with van der Waals surface area (Å²) in [5, 5.41) is 0. The molecular formula is C22H26F2. The lowest BCUT2D eigenvalue weighted by Crippen LogP contribution is -2.13. The Bertz CT molecular complexity index is 632. The maximum absolute atomic E-state index is 13.9. The minimum atomic E-state index is -0.501. The van der Waals surface area contributed by atoms with E-state index in [-0.39, 0.29) is 5.56 Å². The van der Waals surface area contributed by atoms with Crippen molar-refractivity contribution in [2.24, 2.45) is 5.92 Å². The van der Waals surface area contributed by atoms with Gasteiger partial charge in [0.15, 0.2) is 0 Å². The van der Waals surface area contributed by atoms with Crippen molar-refractivity contribution in [1.29, 1.82) is 0 Å². The van der Waals surface area contributed by atoms with Crippen molar-refractivity contribution in [2.45, 2.75) is 57.8 Å². The summed E-state index contributed by atoms with van der Waals surface area (Å²) in [6, 6.07) is 11.9. The van der Waals surface area contributed by atoms with Gasteiger partial charge in [-0.1, -0.05) is 56.5 Å². The summed E-state index contributed by atoms with van der Waals surface area (Å²) in [6.07, 6.45) is 9.10. The zero-order valence-electron chi connectivity index (χ0n) is 14.4. The lowest BCUT2D eigenvalue weighted by molar-refractivity contribution is 0.304. The molecule has 0 amide bonds. The first-order valence-corrected chi connectivity index (χ1v) is 9.23. The molecule has 2 aromatic carbocycles. The SMILES string of the molecule is CCCC[C@H]1CC[C@H](c2ccc(-c3c(F)cccc3F)cc2)CC1. The molecule has 0 N–H and O–H groups in total. The Morgan fingerprint density at radius 3 is 2.08 bits per heavy atom. The molecule has 0 unspecified atom stereocenters. The van der Waals surface area contributed by atoms with Crippen LogP contribution in [0.25, 0.3) is 11.1 Å². The predicted octanol–water partition coefficient (Wildman–Crippen LogP) is 7.10. The lowest BCUT2D eigenvalue weighted by Gasteiger charge is -2.29. The van der Waals surface area contributed by atoms with E-state index in [2.05, 4.69) is 19.1 Å². The molecule has 0 saturated heterocycles. The molecule has 2 aromatic rings. The van der Waals surface area contributed by atoms with E-state index in [1.54, 1.807) is 0 Å². The largest absolute Gasteiger partial charge is 0.206 e. The molecule has 24 heavy (non-hydrogen) atoms. The molecule has 0 heterocycles. The van der Waals surface area contributed by atoms with Gasteiger partial charge in [0.25, 0.3) is 0 Å². The Morgan fingerprint density at radius 2 is 1.50 bits per heavy atom. The van der Waals surface area contributed by atoms with Crippen LogP contribution in [0.4, 0.5) is 8.78 Å². The van der Waals surface area contributed by atoms with Crippen molar-refractivity contribution in [3.05, 3.63) is 59.7 Å². The third-order valence-electron chi connectivity index (χ3n) is 5.45. The van der Waals surface area contributed by atoms with Crippen LogP contribution in [0.1, 0.15) is 63.4 Å². The summed E-state index contributed by atoms with van der Waals surface area (Å²) in [5.74, 6) is 0.494. The van der Waals surface area contributed by atoms with Gasteiger partial charge >= 0.3 is 0 Å². The highest BCUT2D eigenvalue weighted by atomic mass is 19.1. The Balaban J connectivity index is 1.68. The van der Waals surface area contributed by atoms with Gasteiger partial charge in [0.05, 0.1) is 5.56 Å². The first kappa shape index (κ1) is 17.1. The third-order valence-corrected chi connectivity index (χ3v) is 5.45. The minimum absolute atomic E-state index is 0.0762. The molecular weight excluding hydrogens is 302 g/mol. The van der Waals surface area contributed by atoms with Gasteiger partial charge in [-0.15, -0.1) is 0 Å². The van der Waals surface area contributed by atoms with Gasteiger partial charge in [0.1, 0.15) is 11.6 Å². The van der Waals surface area contributed by atoms with Crippen LogP contribution in [0.5, 0.6) is 0 Å². The van der Waals surface area contributed by atoms with Gasteiger partial charge in [-0.3, -0.25) is 0 Å². The maximum atomic E-state index is 13.9. The number of hydrogen-bond acceptors (Lipinski definition) is 0. The zero-order chi connectivity index (χ0) is 16.9. The van der Waals surface area contributed by atoms with E-state index >= 15 is 0 Å². The Morgan fingerprint density at radius 1 is 0.875 bits per heavy atom. The van der Waals surface area contributed by atoms with E-state index in [1.807, 2.05) is 12.1 Å². The summed E-state index contributed by atoms with van der Waals surface area (Å²) in [4.78, 5) is 0. The van der Waals surface area contributed by atoms with E-state index in [9.17, 15) is 8.78 Å². The number of hydrogen-bond donors (Lipinski definition) is 0. The van der Waals surface area contributed by atoms with E-state index < -0.39 is 11.6 Å². The van der Waals surface area contributed by atoms with Crippen molar-refractivity contribution in [2.75, 3.05) is 0 Å². The monoisotopic (exact) mass is 328 g/mol. The van der Waals surface area contributed by atoms with Crippen molar-refractivity contribution < 1.29 is 8.78 Å². The fourth-order valence-electron chi connectivity index (χ4n) is 3.97. The molecule has 3 rings (SSSR count). The molecule has 0 aromatic heterocycles. The quantitative estimate of drug-likeness (QED) is 0.549. The molecule has 1 aliphatic carbocycles. The van der Waals surface area contributed by atoms with Gasteiger partial charge in [-0.05, 0) is 60.8 Å². The fraction of sp³-hybridized carbons (Fsp3) is 0.455. The van der Waals surface area contributed by atoms with Gasteiger partial charge < -0.3 is 0 Å². The molecule has 1 aliphatic rings. The van der Waals surface area contributed by atoms with Crippen LogP contribution in [0.15, 0.2) is 42.5 Å². The molecule has 0 bridgehead atoms. The molecule has 0 spiro atoms. The average Bonchev–Trinajstić information content (AvgIpc) is 2.61. The van der Waals surface area contributed by atoms with Crippen LogP contribution in [0, 0.1) is 17.6 Å². The third kappa shape index (κ3) is 3.85. The molecule has 2 heteroatoms. The summed E-state index contributed by atoms with van der Waals surface area (Å²) >= 11 is 0. The normalized spacial score (nSPS) is 21.0. The van der Waals surface area contributed by atoms with Gasteiger partial charge in [-0.25, -0.2) is 8.78 Å². The molecule has 0 nitrogen and oxygen atoms in total. The number of rotatable bonds is 5. The molecule has 0 radical (unpaired) electrons. The van der Waals surface area contributed by atoms with Crippen LogP contribution in [-0.4, -0.2) is 0 Å². The predicted molar refractivity (Wildman–Crippen MR) is 96.0 cm³/mol. The summed E-state index contributed by atoms with van der Waals surface area (Å²) < 4.78 is 27.8. The Hall–Kier alpha value is -1.70. The number of benzene rings is 2. The second-order valence-corrected chi connectivity index (χ2v) is 7.08. The summed E-state index contributed by atoms with van der Waals surface area (Å²) in [7, 11) is 0. The molecule has 0 aliphatic heterocycles. The van der Waals surface area contributed by atoms with Crippen molar-refractivity contribution in [1.82, 2.24) is 0 Å². The van der Waals surface area contributed by atoms with E-state index in [0.717, 1.165) is 5.92 Å². The van der Waals surface area contributed by atoms with Crippen LogP contribution < -0.4 is 0 Å². The van der Waals surface area contributed by atoms with E-state index in [0.29, 0.717) is 11.5 Å². The molecule has 1 fully saturated rings. The highest BCUT2D eigenvalue weighted by Crippen LogP contribution is 2.38. The second-order valence-electron chi connectivity index (χ2n) is 7.08. The standard InChI is InChI=1S/C22H26F2/c1-2-3-5-16-8-10-17(11-9-16)18-12-14-19(15-13-18)22-20(23)6-4-7-21(22)24/h4,6-7,12-17H,2-3,5,8-11H2,1H3/t16-,17-.